The molecule has 212 valence electrons. The first-order chi connectivity index (χ1) is 19.9. The van der Waals surface area contributed by atoms with Crippen LogP contribution in [0.25, 0.3) is 22.7 Å². The first kappa shape index (κ1) is 26.4. The lowest BCUT2D eigenvalue weighted by molar-refractivity contribution is 0.0139. The Morgan fingerprint density at radius 3 is 2.49 bits per heavy atom. The van der Waals surface area contributed by atoms with Crippen LogP contribution in [0.4, 0.5) is 10.4 Å². The minimum atomic E-state index is -1.23. The number of carboxylic acids is 1. The predicted octanol–water partition coefficient (Wildman–Crippen LogP) is 7.13. The van der Waals surface area contributed by atoms with Crippen LogP contribution >= 0.6 is 23.2 Å². The van der Waals surface area contributed by atoms with Crippen LogP contribution in [0, 0.1) is 5.82 Å². The monoisotopic (exact) mass is 598 g/mol. The lowest BCUT2D eigenvalue weighted by atomic mass is 10.00. The van der Waals surface area contributed by atoms with Gasteiger partial charge >= 0.3 is 12.0 Å². The normalized spacial score (nSPS) is 21.9. The SMILES string of the molecule is O=C(O)c1cc(F)cc(-c2nnc(N3C4CCC3CC(OCc3c(-c5c(Cl)cccc5Cl)noc3C3CC3)C4)o2)c1. The van der Waals surface area contributed by atoms with Gasteiger partial charge < -0.3 is 23.7 Å². The third-order valence-electron chi connectivity index (χ3n) is 8.15. The summed E-state index contributed by atoms with van der Waals surface area (Å²) in [6.45, 7) is 0.340. The van der Waals surface area contributed by atoms with E-state index >= 15 is 0 Å². The third kappa shape index (κ3) is 4.98. The number of aromatic carboxylic acids is 1. The van der Waals surface area contributed by atoms with Crippen LogP contribution in [-0.2, 0) is 11.3 Å². The second-order valence-electron chi connectivity index (χ2n) is 10.9. The summed E-state index contributed by atoms with van der Waals surface area (Å²) in [5.41, 5.74) is 2.22. The fourth-order valence-corrected chi connectivity index (χ4v) is 6.67. The van der Waals surface area contributed by atoms with Gasteiger partial charge in [0.15, 0.2) is 0 Å². The molecule has 2 bridgehead atoms. The molecule has 2 unspecified atom stereocenters. The number of ether oxygens (including phenoxy) is 1. The zero-order valence-corrected chi connectivity index (χ0v) is 23.2. The van der Waals surface area contributed by atoms with E-state index in [1.54, 1.807) is 18.2 Å². The van der Waals surface area contributed by atoms with Gasteiger partial charge in [-0.2, -0.15) is 0 Å². The molecule has 2 atom stereocenters. The largest absolute Gasteiger partial charge is 0.478 e. The van der Waals surface area contributed by atoms with Crippen molar-refractivity contribution in [2.75, 3.05) is 4.90 Å². The molecule has 1 N–H and O–H groups in total. The number of rotatable bonds is 8. The maximum absolute atomic E-state index is 14.0. The van der Waals surface area contributed by atoms with Gasteiger partial charge in [0.1, 0.15) is 17.3 Å². The topological polar surface area (TPSA) is 115 Å². The zero-order valence-electron chi connectivity index (χ0n) is 21.7. The van der Waals surface area contributed by atoms with Gasteiger partial charge in [-0.3, -0.25) is 0 Å². The summed E-state index contributed by atoms with van der Waals surface area (Å²) in [7, 11) is 0. The number of halogens is 3. The Kier molecular flexibility index (Phi) is 6.72. The highest BCUT2D eigenvalue weighted by molar-refractivity contribution is 6.39. The molecule has 1 aliphatic carbocycles. The molecule has 0 radical (unpaired) electrons. The minimum absolute atomic E-state index is 0.00371. The molecule has 2 aliphatic heterocycles. The molecule has 9 nitrogen and oxygen atoms in total. The van der Waals surface area contributed by atoms with Gasteiger partial charge in [0.2, 0.25) is 5.89 Å². The van der Waals surface area contributed by atoms with Crippen LogP contribution in [0.3, 0.4) is 0 Å². The number of anilines is 1. The highest BCUT2D eigenvalue weighted by Gasteiger charge is 2.44. The van der Waals surface area contributed by atoms with Crippen molar-refractivity contribution in [2.45, 2.75) is 69.2 Å². The van der Waals surface area contributed by atoms with Crippen molar-refractivity contribution in [1.29, 1.82) is 0 Å². The van der Waals surface area contributed by atoms with E-state index in [9.17, 15) is 14.3 Å². The van der Waals surface area contributed by atoms with E-state index in [4.69, 9.17) is 36.9 Å². The number of carboxylic acid groups (broad SMARTS) is 1. The van der Waals surface area contributed by atoms with Crippen LogP contribution in [0.1, 0.15) is 66.1 Å². The van der Waals surface area contributed by atoms with Crippen molar-refractivity contribution < 1.29 is 28.0 Å². The van der Waals surface area contributed by atoms with Crippen molar-refractivity contribution in [3.05, 3.63) is 69.1 Å². The number of piperidine rings is 1. The van der Waals surface area contributed by atoms with Crippen LogP contribution in [0.15, 0.2) is 45.3 Å². The van der Waals surface area contributed by atoms with Crippen LogP contribution < -0.4 is 4.90 Å². The first-order valence-electron chi connectivity index (χ1n) is 13.6. The number of benzene rings is 2. The molecular weight excluding hydrogens is 574 g/mol. The van der Waals surface area contributed by atoms with Crippen LogP contribution in [0.5, 0.6) is 0 Å². The van der Waals surface area contributed by atoms with E-state index in [2.05, 4.69) is 20.3 Å². The molecule has 12 heteroatoms. The summed E-state index contributed by atoms with van der Waals surface area (Å²) >= 11 is 13.0. The molecule has 7 rings (SSSR count). The number of aromatic nitrogens is 3. The number of hydrogen-bond acceptors (Lipinski definition) is 8. The van der Waals surface area contributed by atoms with Crippen molar-refractivity contribution >= 4 is 35.2 Å². The van der Waals surface area contributed by atoms with Crippen molar-refractivity contribution in [3.8, 4) is 22.7 Å². The second-order valence-corrected chi connectivity index (χ2v) is 11.7. The second kappa shape index (κ2) is 10.4. The van der Waals surface area contributed by atoms with E-state index in [1.165, 1.54) is 12.1 Å². The average molecular weight is 599 g/mol. The van der Waals surface area contributed by atoms with Gasteiger partial charge in [-0.25, -0.2) is 9.18 Å². The highest BCUT2D eigenvalue weighted by atomic mass is 35.5. The Morgan fingerprint density at radius 1 is 1.07 bits per heavy atom. The molecule has 2 aromatic heterocycles. The smallest absolute Gasteiger partial charge is 0.335 e. The van der Waals surface area contributed by atoms with Crippen molar-refractivity contribution in [1.82, 2.24) is 15.4 Å². The van der Waals surface area contributed by atoms with Crippen LogP contribution in [0.2, 0.25) is 10.0 Å². The lowest BCUT2D eigenvalue weighted by Crippen LogP contribution is -2.45. The predicted molar refractivity (Wildman–Crippen MR) is 148 cm³/mol. The average Bonchev–Trinajstić information content (AvgIpc) is 3.41. The molecule has 0 spiro atoms. The molecule has 4 aromatic rings. The first-order valence-corrected chi connectivity index (χ1v) is 14.3. The molecule has 2 aromatic carbocycles. The zero-order chi connectivity index (χ0) is 28.2. The fraction of sp³-hybridized carbons (Fsp3) is 0.379. The van der Waals surface area contributed by atoms with Gasteiger partial charge in [0.25, 0.3) is 0 Å². The Labute approximate surface area is 244 Å². The molecule has 3 aliphatic rings. The summed E-state index contributed by atoms with van der Waals surface area (Å²) < 4.78 is 32.2. The fourth-order valence-electron chi connectivity index (χ4n) is 6.10. The molecule has 41 heavy (non-hydrogen) atoms. The minimum Gasteiger partial charge on any atom is -0.478 e. The molecular formula is C29H25Cl2FN4O5. The van der Waals surface area contributed by atoms with Crippen molar-refractivity contribution in [2.24, 2.45) is 0 Å². The van der Waals surface area contributed by atoms with Gasteiger partial charge in [-0.1, -0.05) is 39.5 Å². The summed E-state index contributed by atoms with van der Waals surface area (Å²) in [6, 6.07) is 9.45. The Bertz CT molecular complexity index is 1600. The van der Waals surface area contributed by atoms with Crippen molar-refractivity contribution in [3.63, 3.8) is 0 Å². The van der Waals surface area contributed by atoms with E-state index in [0.717, 1.165) is 55.9 Å². The Morgan fingerprint density at radius 2 is 1.80 bits per heavy atom. The number of fused-ring (bicyclic) bond motifs is 2. The summed E-state index contributed by atoms with van der Waals surface area (Å²) in [5.74, 6) is -0.659. The van der Waals surface area contributed by atoms with Gasteiger partial charge in [-0.05, 0) is 68.9 Å². The molecule has 2 saturated heterocycles. The molecule has 0 amide bonds. The van der Waals surface area contributed by atoms with Crippen LogP contribution in [-0.4, -0.2) is 44.6 Å². The lowest BCUT2D eigenvalue weighted by Gasteiger charge is -2.37. The number of carbonyl (C=O) groups is 1. The quantitative estimate of drug-likeness (QED) is 0.226. The highest BCUT2D eigenvalue weighted by Crippen LogP contribution is 2.47. The maximum atomic E-state index is 14.0. The van der Waals surface area contributed by atoms with E-state index < -0.39 is 11.8 Å². The maximum Gasteiger partial charge on any atom is 0.335 e. The van der Waals surface area contributed by atoms with E-state index in [0.29, 0.717) is 39.8 Å². The van der Waals surface area contributed by atoms with E-state index in [1.807, 2.05) is 0 Å². The Balaban J connectivity index is 1.08. The molecule has 4 heterocycles. The van der Waals surface area contributed by atoms with E-state index in [-0.39, 0.29) is 35.2 Å². The van der Waals surface area contributed by atoms with Gasteiger partial charge in [0.05, 0.1) is 28.3 Å². The third-order valence-corrected chi connectivity index (χ3v) is 8.78. The molecule has 1 saturated carbocycles. The summed E-state index contributed by atoms with van der Waals surface area (Å²) in [5, 5.41) is 23.0. The number of nitrogens with zero attached hydrogens (tertiary/aromatic N) is 4. The standard InChI is InChI=1S/C29H25Cl2FN4O5/c30-22-2-1-3-23(31)24(22)25-21(26(41-35-25)14-4-5-14)13-39-20-11-18-6-7-19(12-20)36(18)29-34-33-27(40-29)15-8-16(28(37)38)10-17(32)9-15/h1-3,8-10,14,18-20H,4-7,11-13H2,(H,37,38). The number of hydrogen-bond donors (Lipinski definition) is 1. The van der Waals surface area contributed by atoms with Gasteiger partial charge in [0, 0.05) is 34.7 Å². The summed E-state index contributed by atoms with van der Waals surface area (Å²) in [4.78, 5) is 13.5. The van der Waals surface area contributed by atoms with Gasteiger partial charge in [-0.15, -0.1) is 5.10 Å². The summed E-state index contributed by atoms with van der Waals surface area (Å²) in [6.07, 6.45) is 5.55. The molecule has 3 fully saturated rings. The Hall–Kier alpha value is -3.47.